The van der Waals surface area contributed by atoms with Gasteiger partial charge in [-0.05, 0) is 25.1 Å². The van der Waals surface area contributed by atoms with E-state index in [1.54, 1.807) is 24.4 Å². The molecule has 0 radical (unpaired) electrons. The van der Waals surface area contributed by atoms with Gasteiger partial charge in [0.05, 0.1) is 0 Å². The van der Waals surface area contributed by atoms with Gasteiger partial charge in [-0.2, -0.15) is 0 Å². The number of aromatic nitrogens is 1. The third-order valence-electron chi connectivity index (χ3n) is 2.73. The second-order valence-electron chi connectivity index (χ2n) is 4.33. The van der Waals surface area contributed by atoms with Gasteiger partial charge in [-0.3, -0.25) is 9.78 Å². The average Bonchev–Trinajstić information content (AvgIpc) is 2.45. The fourth-order valence-corrected chi connectivity index (χ4v) is 1.78. The number of benzene rings is 1. The lowest BCUT2D eigenvalue weighted by Gasteiger charge is -2.10. The Bertz CT molecular complexity index is 599. The first-order chi connectivity index (χ1) is 9.69. The summed E-state index contributed by atoms with van der Waals surface area (Å²) < 4.78 is 5.48. The van der Waals surface area contributed by atoms with Crippen LogP contribution in [0.4, 0.5) is 5.69 Å². The largest absolute Gasteiger partial charge is 0.483 e. The van der Waals surface area contributed by atoms with Crippen LogP contribution in [0.5, 0.6) is 5.75 Å². The van der Waals surface area contributed by atoms with Crippen molar-refractivity contribution in [2.45, 2.75) is 13.5 Å². The first kappa shape index (κ1) is 14.0. The number of nitrogens with one attached hydrogen (secondary N) is 1. The maximum Gasteiger partial charge on any atom is 0.262 e. The lowest BCUT2D eigenvalue weighted by molar-refractivity contribution is -0.118. The molecule has 0 bridgehead atoms. The number of amides is 1. The number of para-hydroxylation sites is 1. The van der Waals surface area contributed by atoms with E-state index in [1.165, 1.54) is 0 Å². The highest BCUT2D eigenvalue weighted by Crippen LogP contribution is 2.17. The van der Waals surface area contributed by atoms with E-state index in [1.807, 2.05) is 25.1 Å². The first-order valence-electron chi connectivity index (χ1n) is 6.32. The van der Waals surface area contributed by atoms with Crippen LogP contribution in [-0.2, 0) is 11.3 Å². The number of aryl methyl sites for hydroxylation is 1. The smallest absolute Gasteiger partial charge is 0.262 e. The zero-order valence-electron chi connectivity index (χ0n) is 11.3. The predicted molar refractivity (Wildman–Crippen MR) is 77.4 cm³/mol. The normalized spacial score (nSPS) is 10.1. The van der Waals surface area contributed by atoms with Crippen molar-refractivity contribution in [2.24, 2.45) is 5.73 Å². The minimum Gasteiger partial charge on any atom is -0.483 e. The van der Waals surface area contributed by atoms with Gasteiger partial charge in [-0.25, -0.2) is 0 Å². The topological polar surface area (TPSA) is 77.2 Å². The predicted octanol–water partition coefficient (Wildman–Crippen LogP) is 1.87. The third-order valence-corrected chi connectivity index (χ3v) is 2.73. The van der Waals surface area contributed by atoms with Crippen LogP contribution in [0, 0.1) is 6.92 Å². The summed E-state index contributed by atoms with van der Waals surface area (Å²) in [6.07, 6.45) is 1.65. The molecule has 0 fully saturated rings. The van der Waals surface area contributed by atoms with Crippen molar-refractivity contribution in [1.29, 1.82) is 0 Å². The zero-order valence-corrected chi connectivity index (χ0v) is 11.3. The number of carbonyl (C=O) groups excluding carboxylic acids is 1. The lowest BCUT2D eigenvalue weighted by Crippen LogP contribution is -2.20. The Kier molecular flexibility index (Phi) is 4.68. The number of ether oxygens (including phenoxy) is 1. The van der Waals surface area contributed by atoms with Crippen LogP contribution < -0.4 is 15.8 Å². The number of rotatable bonds is 5. The Hall–Kier alpha value is -2.40. The van der Waals surface area contributed by atoms with E-state index in [-0.39, 0.29) is 12.5 Å². The summed E-state index contributed by atoms with van der Waals surface area (Å²) >= 11 is 0. The highest BCUT2D eigenvalue weighted by atomic mass is 16.5. The zero-order chi connectivity index (χ0) is 14.4. The molecule has 5 heteroatoms. The Labute approximate surface area is 117 Å². The van der Waals surface area contributed by atoms with E-state index in [0.29, 0.717) is 18.0 Å². The summed E-state index contributed by atoms with van der Waals surface area (Å²) in [4.78, 5) is 15.9. The summed E-state index contributed by atoms with van der Waals surface area (Å²) in [5.74, 6) is 0.415. The molecule has 1 heterocycles. The molecule has 0 atom stereocenters. The minimum absolute atomic E-state index is 0.0572. The van der Waals surface area contributed by atoms with E-state index < -0.39 is 0 Å². The quantitative estimate of drug-likeness (QED) is 0.870. The van der Waals surface area contributed by atoms with Gasteiger partial charge in [0, 0.05) is 29.7 Å². The van der Waals surface area contributed by atoms with Gasteiger partial charge in [0.1, 0.15) is 5.75 Å². The van der Waals surface area contributed by atoms with E-state index >= 15 is 0 Å². The number of nitrogens with zero attached hydrogens (tertiary/aromatic N) is 1. The second-order valence-corrected chi connectivity index (χ2v) is 4.33. The Balaban J connectivity index is 1.92. The van der Waals surface area contributed by atoms with Gasteiger partial charge in [-0.1, -0.05) is 18.2 Å². The van der Waals surface area contributed by atoms with Crippen LogP contribution in [0.15, 0.2) is 42.6 Å². The second kappa shape index (κ2) is 6.68. The van der Waals surface area contributed by atoms with E-state index in [4.69, 9.17) is 10.5 Å². The summed E-state index contributed by atoms with van der Waals surface area (Å²) in [5, 5.41) is 2.76. The van der Waals surface area contributed by atoms with Crippen LogP contribution in [0.25, 0.3) is 0 Å². The maximum atomic E-state index is 11.8. The lowest BCUT2D eigenvalue weighted by atomic mass is 10.2. The summed E-state index contributed by atoms with van der Waals surface area (Å²) in [5.41, 5.74) is 8.04. The highest BCUT2D eigenvalue weighted by molar-refractivity contribution is 5.91. The van der Waals surface area contributed by atoms with Gasteiger partial charge < -0.3 is 15.8 Å². The molecule has 2 aromatic rings. The van der Waals surface area contributed by atoms with Gasteiger partial charge in [0.15, 0.2) is 6.61 Å². The van der Waals surface area contributed by atoms with Gasteiger partial charge in [0.25, 0.3) is 5.91 Å². The van der Waals surface area contributed by atoms with E-state index in [9.17, 15) is 4.79 Å². The van der Waals surface area contributed by atoms with Crippen molar-refractivity contribution in [3.8, 4) is 5.75 Å². The standard InChI is InChI=1S/C15H17N3O2/c1-11-8-13(6-7-17-11)18-15(19)10-20-14-5-3-2-4-12(14)9-16/h2-8H,9-10,16H2,1H3,(H,17,18,19). The van der Waals surface area contributed by atoms with Crippen molar-refractivity contribution in [1.82, 2.24) is 4.98 Å². The Morgan fingerprint density at radius 3 is 2.90 bits per heavy atom. The molecule has 2 rings (SSSR count). The molecule has 0 spiro atoms. The van der Waals surface area contributed by atoms with Crippen molar-refractivity contribution in [3.05, 3.63) is 53.9 Å². The van der Waals surface area contributed by atoms with Crippen LogP contribution in [0.2, 0.25) is 0 Å². The molecule has 0 aliphatic carbocycles. The van der Waals surface area contributed by atoms with Crippen molar-refractivity contribution in [3.63, 3.8) is 0 Å². The molecule has 1 aromatic carbocycles. The molecule has 0 aliphatic rings. The summed E-state index contributed by atoms with van der Waals surface area (Å²) in [7, 11) is 0. The average molecular weight is 271 g/mol. The molecule has 104 valence electrons. The Morgan fingerprint density at radius 1 is 1.35 bits per heavy atom. The molecule has 20 heavy (non-hydrogen) atoms. The maximum absolute atomic E-state index is 11.8. The number of hydrogen-bond acceptors (Lipinski definition) is 4. The molecule has 0 saturated heterocycles. The van der Waals surface area contributed by atoms with E-state index in [2.05, 4.69) is 10.3 Å². The van der Waals surface area contributed by atoms with Crippen molar-refractivity contribution in [2.75, 3.05) is 11.9 Å². The highest BCUT2D eigenvalue weighted by Gasteiger charge is 2.06. The monoisotopic (exact) mass is 271 g/mol. The number of nitrogens with two attached hydrogens (primary N) is 1. The SMILES string of the molecule is Cc1cc(NC(=O)COc2ccccc2CN)ccn1. The number of anilines is 1. The van der Waals surface area contributed by atoms with E-state index in [0.717, 1.165) is 11.3 Å². The van der Waals surface area contributed by atoms with Crippen LogP contribution in [-0.4, -0.2) is 17.5 Å². The number of hydrogen-bond donors (Lipinski definition) is 2. The third kappa shape index (κ3) is 3.80. The number of carbonyl (C=O) groups is 1. The van der Waals surface area contributed by atoms with Gasteiger partial charge in [-0.15, -0.1) is 0 Å². The molecule has 0 saturated carbocycles. The van der Waals surface area contributed by atoms with Gasteiger partial charge in [0.2, 0.25) is 0 Å². The molecular formula is C15H17N3O2. The van der Waals surface area contributed by atoms with Gasteiger partial charge >= 0.3 is 0 Å². The van der Waals surface area contributed by atoms with Crippen LogP contribution >= 0.6 is 0 Å². The fraction of sp³-hybridized carbons (Fsp3) is 0.200. The summed E-state index contributed by atoms with van der Waals surface area (Å²) in [6, 6.07) is 10.9. The Morgan fingerprint density at radius 2 is 2.15 bits per heavy atom. The van der Waals surface area contributed by atoms with Crippen LogP contribution in [0.1, 0.15) is 11.3 Å². The minimum atomic E-state index is -0.220. The first-order valence-corrected chi connectivity index (χ1v) is 6.32. The number of pyridine rings is 1. The molecule has 0 unspecified atom stereocenters. The van der Waals surface area contributed by atoms with Crippen molar-refractivity contribution < 1.29 is 9.53 Å². The molecule has 1 amide bonds. The summed E-state index contributed by atoms with van der Waals surface area (Å²) in [6.45, 7) is 2.18. The fourth-order valence-electron chi connectivity index (χ4n) is 1.78. The molecule has 5 nitrogen and oxygen atoms in total. The molecular weight excluding hydrogens is 254 g/mol. The molecule has 0 aliphatic heterocycles. The van der Waals surface area contributed by atoms with Crippen molar-refractivity contribution >= 4 is 11.6 Å². The molecule has 3 N–H and O–H groups in total. The van der Waals surface area contributed by atoms with Crippen LogP contribution in [0.3, 0.4) is 0 Å². The molecule has 1 aromatic heterocycles.